The molecule has 0 saturated heterocycles. The molecule has 1 aromatic carbocycles. The maximum Gasteiger partial charge on any atom is 0.304 e. The van der Waals surface area contributed by atoms with Crippen molar-refractivity contribution in [3.8, 4) is 0 Å². The van der Waals surface area contributed by atoms with E-state index in [0.717, 1.165) is 12.8 Å². The lowest BCUT2D eigenvalue weighted by Crippen LogP contribution is -2.33. The first-order valence-corrected chi connectivity index (χ1v) is 5.65. The number of rotatable bonds is 4. The van der Waals surface area contributed by atoms with Crippen molar-refractivity contribution in [2.75, 3.05) is 13.6 Å². The Morgan fingerprint density at radius 3 is 2.44 bits per heavy atom. The summed E-state index contributed by atoms with van der Waals surface area (Å²) in [5.41, 5.74) is 2.82. The fourth-order valence-corrected chi connectivity index (χ4v) is 2.30. The molecule has 0 radical (unpaired) electrons. The second-order valence-electron chi connectivity index (χ2n) is 4.46. The van der Waals surface area contributed by atoms with Gasteiger partial charge in [-0.2, -0.15) is 0 Å². The van der Waals surface area contributed by atoms with Gasteiger partial charge < -0.3 is 10.0 Å². The second kappa shape index (κ2) is 4.66. The van der Waals surface area contributed by atoms with Crippen molar-refractivity contribution in [3.05, 3.63) is 35.4 Å². The second-order valence-corrected chi connectivity index (χ2v) is 4.46. The lowest BCUT2D eigenvalue weighted by atomic mass is 10.1. The highest BCUT2D eigenvalue weighted by Crippen LogP contribution is 2.24. The van der Waals surface area contributed by atoms with Gasteiger partial charge in [-0.05, 0) is 31.0 Å². The summed E-state index contributed by atoms with van der Waals surface area (Å²) in [4.78, 5) is 12.7. The molecule has 0 heterocycles. The van der Waals surface area contributed by atoms with Crippen molar-refractivity contribution in [3.63, 3.8) is 0 Å². The number of fused-ring (bicyclic) bond motifs is 1. The van der Waals surface area contributed by atoms with Crippen molar-refractivity contribution in [1.82, 2.24) is 4.90 Å². The number of carboxylic acid groups (broad SMARTS) is 1. The minimum atomic E-state index is -0.720. The number of hydrogen-bond acceptors (Lipinski definition) is 2. The zero-order chi connectivity index (χ0) is 11.5. The van der Waals surface area contributed by atoms with Crippen LogP contribution in [0.25, 0.3) is 0 Å². The molecule has 3 heteroatoms. The Kier molecular flexibility index (Phi) is 3.25. The molecule has 0 saturated carbocycles. The van der Waals surface area contributed by atoms with Crippen LogP contribution in [0.15, 0.2) is 24.3 Å². The van der Waals surface area contributed by atoms with Gasteiger partial charge in [0.2, 0.25) is 0 Å². The molecule has 0 unspecified atom stereocenters. The molecule has 0 bridgehead atoms. The van der Waals surface area contributed by atoms with E-state index < -0.39 is 5.97 Å². The summed E-state index contributed by atoms with van der Waals surface area (Å²) in [7, 11) is 2.01. The van der Waals surface area contributed by atoms with Gasteiger partial charge >= 0.3 is 5.97 Å². The highest BCUT2D eigenvalue weighted by Gasteiger charge is 2.24. The Morgan fingerprint density at radius 2 is 1.94 bits per heavy atom. The van der Waals surface area contributed by atoms with Gasteiger partial charge in [0.25, 0.3) is 0 Å². The Bertz CT molecular complexity index is 364. The maximum atomic E-state index is 10.5. The molecule has 0 atom stereocenters. The van der Waals surface area contributed by atoms with E-state index in [2.05, 4.69) is 29.2 Å². The average Bonchev–Trinajstić information content (AvgIpc) is 2.69. The molecule has 3 nitrogen and oxygen atoms in total. The van der Waals surface area contributed by atoms with Crippen molar-refractivity contribution >= 4 is 5.97 Å². The number of carboxylic acids is 1. The van der Waals surface area contributed by atoms with E-state index in [4.69, 9.17) is 5.11 Å². The summed E-state index contributed by atoms with van der Waals surface area (Å²) in [6.45, 7) is 0.633. The highest BCUT2D eigenvalue weighted by atomic mass is 16.4. The minimum absolute atomic E-state index is 0.226. The topological polar surface area (TPSA) is 40.5 Å². The van der Waals surface area contributed by atoms with Gasteiger partial charge in [0, 0.05) is 12.6 Å². The van der Waals surface area contributed by atoms with Crippen molar-refractivity contribution in [2.24, 2.45) is 0 Å². The normalized spacial score (nSPS) is 15.4. The zero-order valence-electron chi connectivity index (χ0n) is 9.52. The van der Waals surface area contributed by atoms with Crippen LogP contribution in [-0.4, -0.2) is 35.6 Å². The van der Waals surface area contributed by atoms with Gasteiger partial charge in [0.1, 0.15) is 0 Å². The molecule has 86 valence electrons. The Morgan fingerprint density at radius 1 is 1.38 bits per heavy atom. The lowest BCUT2D eigenvalue weighted by Gasteiger charge is -2.23. The van der Waals surface area contributed by atoms with Crippen molar-refractivity contribution < 1.29 is 9.90 Å². The number of nitrogens with zero attached hydrogens (tertiary/aromatic N) is 1. The first-order chi connectivity index (χ1) is 7.66. The molecule has 1 aliphatic carbocycles. The molecule has 0 spiro atoms. The van der Waals surface area contributed by atoms with E-state index in [9.17, 15) is 4.79 Å². The van der Waals surface area contributed by atoms with E-state index in [1.165, 1.54) is 11.1 Å². The van der Waals surface area contributed by atoms with Crippen LogP contribution in [0.4, 0.5) is 0 Å². The third-order valence-electron chi connectivity index (χ3n) is 3.33. The minimum Gasteiger partial charge on any atom is -0.481 e. The number of hydrogen-bond donors (Lipinski definition) is 1. The summed E-state index contributed by atoms with van der Waals surface area (Å²) >= 11 is 0. The standard InChI is InChI=1S/C13H17NO2/c1-14(7-6-13(15)16)12-8-10-4-2-3-5-11(10)9-12/h2-5,12H,6-9H2,1H3,(H,15,16). The smallest absolute Gasteiger partial charge is 0.304 e. The van der Waals surface area contributed by atoms with Crippen LogP contribution in [0.2, 0.25) is 0 Å². The van der Waals surface area contributed by atoms with Crippen LogP contribution in [0.1, 0.15) is 17.5 Å². The highest BCUT2D eigenvalue weighted by molar-refractivity contribution is 5.66. The number of likely N-dealkylation sites (N-methyl/N-ethyl adjacent to an activating group) is 1. The van der Waals surface area contributed by atoms with Gasteiger partial charge in [-0.3, -0.25) is 4.79 Å². The third kappa shape index (κ3) is 2.42. The molecular weight excluding hydrogens is 202 g/mol. The van der Waals surface area contributed by atoms with E-state index in [1.807, 2.05) is 7.05 Å². The fraction of sp³-hybridized carbons (Fsp3) is 0.462. The Balaban J connectivity index is 1.93. The summed E-state index contributed by atoms with van der Waals surface area (Å²) in [5.74, 6) is -0.720. The van der Waals surface area contributed by atoms with E-state index in [1.54, 1.807) is 0 Å². The summed E-state index contributed by atoms with van der Waals surface area (Å²) in [5, 5.41) is 8.65. The molecular formula is C13H17NO2. The lowest BCUT2D eigenvalue weighted by molar-refractivity contribution is -0.137. The molecule has 1 N–H and O–H groups in total. The fourth-order valence-electron chi connectivity index (χ4n) is 2.30. The Labute approximate surface area is 95.7 Å². The van der Waals surface area contributed by atoms with Gasteiger partial charge in [-0.1, -0.05) is 24.3 Å². The monoisotopic (exact) mass is 219 g/mol. The molecule has 0 fully saturated rings. The molecule has 0 aromatic heterocycles. The van der Waals surface area contributed by atoms with Gasteiger partial charge in [0.05, 0.1) is 6.42 Å². The summed E-state index contributed by atoms with van der Waals surface area (Å²) < 4.78 is 0. The average molecular weight is 219 g/mol. The van der Waals surface area contributed by atoms with Crippen molar-refractivity contribution in [1.29, 1.82) is 0 Å². The van der Waals surface area contributed by atoms with Crippen LogP contribution in [0.3, 0.4) is 0 Å². The first kappa shape index (κ1) is 11.1. The SMILES string of the molecule is CN(CCC(=O)O)C1Cc2ccccc2C1. The number of aliphatic carboxylic acids is 1. The molecule has 0 amide bonds. The van der Waals surface area contributed by atoms with Crippen LogP contribution >= 0.6 is 0 Å². The predicted octanol–water partition coefficient (Wildman–Crippen LogP) is 1.56. The van der Waals surface area contributed by atoms with Crippen LogP contribution < -0.4 is 0 Å². The van der Waals surface area contributed by atoms with Crippen LogP contribution in [0, 0.1) is 0 Å². The van der Waals surface area contributed by atoms with E-state index in [0.29, 0.717) is 12.6 Å². The quantitative estimate of drug-likeness (QED) is 0.835. The van der Waals surface area contributed by atoms with Crippen LogP contribution in [-0.2, 0) is 17.6 Å². The summed E-state index contributed by atoms with van der Waals surface area (Å²) in [6.07, 6.45) is 2.32. The molecule has 1 aliphatic rings. The molecule has 2 rings (SSSR count). The maximum absolute atomic E-state index is 10.5. The zero-order valence-corrected chi connectivity index (χ0v) is 9.52. The largest absolute Gasteiger partial charge is 0.481 e. The Hall–Kier alpha value is -1.35. The summed E-state index contributed by atoms with van der Waals surface area (Å²) in [6, 6.07) is 8.94. The molecule has 16 heavy (non-hydrogen) atoms. The number of benzene rings is 1. The van der Waals surface area contributed by atoms with Gasteiger partial charge in [-0.25, -0.2) is 0 Å². The predicted molar refractivity (Wildman–Crippen MR) is 62.5 cm³/mol. The molecule has 0 aliphatic heterocycles. The van der Waals surface area contributed by atoms with E-state index in [-0.39, 0.29) is 6.42 Å². The van der Waals surface area contributed by atoms with Gasteiger partial charge in [0.15, 0.2) is 0 Å². The molecule has 1 aromatic rings. The van der Waals surface area contributed by atoms with Gasteiger partial charge in [-0.15, -0.1) is 0 Å². The van der Waals surface area contributed by atoms with Crippen LogP contribution in [0.5, 0.6) is 0 Å². The number of carbonyl (C=O) groups is 1. The van der Waals surface area contributed by atoms with Crippen molar-refractivity contribution in [2.45, 2.75) is 25.3 Å². The first-order valence-electron chi connectivity index (χ1n) is 5.65. The van der Waals surface area contributed by atoms with E-state index >= 15 is 0 Å². The third-order valence-corrected chi connectivity index (χ3v) is 3.33.